The van der Waals surface area contributed by atoms with Gasteiger partial charge in [0, 0.05) is 38.4 Å². The summed E-state index contributed by atoms with van der Waals surface area (Å²) in [5.41, 5.74) is 2.95. The van der Waals surface area contributed by atoms with E-state index in [1.54, 1.807) is 13.2 Å². The van der Waals surface area contributed by atoms with E-state index < -0.39 is 0 Å². The molecule has 0 spiro atoms. The Hall–Kier alpha value is -2.83. The van der Waals surface area contributed by atoms with Crippen LogP contribution in [0.3, 0.4) is 0 Å². The van der Waals surface area contributed by atoms with Crippen LogP contribution in [-0.4, -0.2) is 28.7 Å². The number of aliphatic imine (C=N–C) groups is 1. The Kier molecular flexibility index (Phi) is 7.20. The maximum Gasteiger partial charge on any atom is 0.227 e. The number of carbonyl (C=O) groups excluding carboxylic acids is 1. The molecule has 0 fully saturated rings. The number of nitrogens with one attached hydrogen (secondary N) is 3. The van der Waals surface area contributed by atoms with E-state index >= 15 is 0 Å². The van der Waals surface area contributed by atoms with Gasteiger partial charge in [-0.05, 0) is 30.2 Å². The smallest absolute Gasteiger partial charge is 0.227 e. The molecule has 1 aromatic carbocycles. The summed E-state index contributed by atoms with van der Waals surface area (Å²) in [5, 5.41) is 13.6. The molecule has 0 aliphatic rings. The topological polar surface area (TPSA) is 83.3 Å². The van der Waals surface area contributed by atoms with Gasteiger partial charge in [-0.3, -0.25) is 14.5 Å². The number of rotatable bonds is 7. The number of guanidine groups is 1. The third kappa shape index (κ3) is 5.61. The average Bonchev–Trinajstić information content (AvgIpc) is 3.06. The SMILES string of the molecule is CCC(C)C(=O)Nc1cccc(CNC(=NC)NCc2ccnn2C)c1. The molecule has 7 heteroatoms. The first-order chi connectivity index (χ1) is 12.5. The molecule has 26 heavy (non-hydrogen) atoms. The molecule has 0 bridgehead atoms. The van der Waals surface area contributed by atoms with Gasteiger partial charge in [0.25, 0.3) is 0 Å². The summed E-state index contributed by atoms with van der Waals surface area (Å²) in [5.74, 6) is 0.762. The normalized spacial score (nSPS) is 12.5. The van der Waals surface area contributed by atoms with Gasteiger partial charge < -0.3 is 16.0 Å². The van der Waals surface area contributed by atoms with Crippen LogP contribution in [0.5, 0.6) is 0 Å². The molecule has 2 rings (SSSR count). The van der Waals surface area contributed by atoms with Gasteiger partial charge >= 0.3 is 0 Å². The fraction of sp³-hybridized carbons (Fsp3) is 0.421. The lowest BCUT2D eigenvalue weighted by molar-refractivity contribution is -0.119. The predicted octanol–water partition coefficient (Wildman–Crippen LogP) is 2.27. The fourth-order valence-electron chi connectivity index (χ4n) is 2.37. The molecule has 140 valence electrons. The number of benzene rings is 1. The van der Waals surface area contributed by atoms with Gasteiger partial charge in [0.1, 0.15) is 0 Å². The molecule has 1 aromatic heterocycles. The van der Waals surface area contributed by atoms with E-state index in [9.17, 15) is 4.79 Å². The Bertz CT molecular complexity index is 752. The number of anilines is 1. The van der Waals surface area contributed by atoms with E-state index in [2.05, 4.69) is 26.0 Å². The minimum Gasteiger partial charge on any atom is -0.352 e. The zero-order chi connectivity index (χ0) is 18.9. The first kappa shape index (κ1) is 19.5. The molecule has 0 aliphatic heterocycles. The molecule has 1 unspecified atom stereocenters. The lowest BCUT2D eigenvalue weighted by atomic mass is 10.1. The van der Waals surface area contributed by atoms with Crippen LogP contribution < -0.4 is 16.0 Å². The van der Waals surface area contributed by atoms with E-state index in [-0.39, 0.29) is 11.8 Å². The lowest BCUT2D eigenvalue weighted by Crippen LogP contribution is -2.36. The van der Waals surface area contributed by atoms with Crippen molar-refractivity contribution in [1.82, 2.24) is 20.4 Å². The summed E-state index contributed by atoms with van der Waals surface area (Å²) in [4.78, 5) is 16.3. The van der Waals surface area contributed by atoms with Crippen LogP contribution in [0, 0.1) is 5.92 Å². The number of aromatic nitrogens is 2. The number of carbonyl (C=O) groups is 1. The van der Waals surface area contributed by atoms with Crippen molar-refractivity contribution in [3.63, 3.8) is 0 Å². The minimum atomic E-state index is 0.00631. The Morgan fingerprint density at radius 2 is 2.04 bits per heavy atom. The van der Waals surface area contributed by atoms with Gasteiger partial charge in [0.2, 0.25) is 5.91 Å². The van der Waals surface area contributed by atoms with Crippen LogP contribution in [0.15, 0.2) is 41.5 Å². The maximum atomic E-state index is 12.0. The average molecular weight is 356 g/mol. The van der Waals surface area contributed by atoms with Crippen LogP contribution in [0.4, 0.5) is 5.69 Å². The van der Waals surface area contributed by atoms with E-state index in [4.69, 9.17) is 0 Å². The summed E-state index contributed by atoms with van der Waals surface area (Å²) < 4.78 is 1.82. The minimum absolute atomic E-state index is 0.00631. The van der Waals surface area contributed by atoms with Crippen LogP contribution in [0.25, 0.3) is 0 Å². The van der Waals surface area contributed by atoms with E-state index in [1.807, 2.05) is 55.9 Å². The molecule has 3 N–H and O–H groups in total. The van der Waals surface area contributed by atoms with Gasteiger partial charge in [-0.15, -0.1) is 0 Å². The van der Waals surface area contributed by atoms with Crippen molar-refractivity contribution in [1.29, 1.82) is 0 Å². The van der Waals surface area contributed by atoms with Gasteiger partial charge in [-0.1, -0.05) is 26.0 Å². The molecule has 2 aromatic rings. The highest BCUT2D eigenvalue weighted by atomic mass is 16.1. The lowest BCUT2D eigenvalue weighted by Gasteiger charge is -2.14. The Morgan fingerprint density at radius 3 is 2.69 bits per heavy atom. The van der Waals surface area contributed by atoms with E-state index in [0.29, 0.717) is 19.0 Å². The third-order valence-electron chi connectivity index (χ3n) is 4.30. The van der Waals surface area contributed by atoms with Gasteiger partial charge in [0.15, 0.2) is 5.96 Å². The molecule has 0 saturated heterocycles. The predicted molar refractivity (Wildman–Crippen MR) is 105 cm³/mol. The molecular formula is C19H28N6O. The van der Waals surface area contributed by atoms with Crippen molar-refractivity contribution in [2.45, 2.75) is 33.4 Å². The summed E-state index contributed by atoms with van der Waals surface area (Å²) in [7, 11) is 3.65. The van der Waals surface area contributed by atoms with Gasteiger partial charge in [-0.2, -0.15) is 5.10 Å². The summed E-state index contributed by atoms with van der Waals surface area (Å²) in [6, 6.07) is 9.79. The largest absolute Gasteiger partial charge is 0.352 e. The molecule has 1 amide bonds. The van der Waals surface area contributed by atoms with Crippen molar-refractivity contribution >= 4 is 17.6 Å². The number of hydrogen-bond acceptors (Lipinski definition) is 3. The highest BCUT2D eigenvalue weighted by Crippen LogP contribution is 2.13. The van der Waals surface area contributed by atoms with Crippen molar-refractivity contribution in [2.24, 2.45) is 18.0 Å². The standard InChI is InChI=1S/C19H28N6O/c1-5-14(2)18(26)24-16-8-6-7-15(11-16)12-21-19(20-3)22-13-17-9-10-23-25(17)4/h6-11,14H,5,12-13H2,1-4H3,(H,24,26)(H2,20,21,22). The van der Waals surface area contributed by atoms with Crippen molar-refractivity contribution < 1.29 is 4.79 Å². The Balaban J connectivity index is 1.88. The Morgan fingerprint density at radius 1 is 1.27 bits per heavy atom. The molecule has 7 nitrogen and oxygen atoms in total. The molecular weight excluding hydrogens is 328 g/mol. The first-order valence-corrected chi connectivity index (χ1v) is 8.84. The summed E-state index contributed by atoms with van der Waals surface area (Å²) in [6.45, 7) is 5.19. The number of nitrogens with zero attached hydrogens (tertiary/aromatic N) is 3. The second-order valence-electron chi connectivity index (χ2n) is 6.22. The van der Waals surface area contributed by atoms with Crippen molar-refractivity contribution in [3.8, 4) is 0 Å². The zero-order valence-corrected chi connectivity index (χ0v) is 15.9. The number of aryl methyl sites for hydroxylation is 1. The molecule has 1 heterocycles. The highest BCUT2D eigenvalue weighted by Gasteiger charge is 2.10. The number of hydrogen-bond donors (Lipinski definition) is 3. The zero-order valence-electron chi connectivity index (χ0n) is 15.9. The van der Waals surface area contributed by atoms with E-state index in [0.717, 1.165) is 23.4 Å². The molecule has 0 saturated carbocycles. The maximum absolute atomic E-state index is 12.0. The summed E-state index contributed by atoms with van der Waals surface area (Å²) >= 11 is 0. The number of amides is 1. The fourth-order valence-corrected chi connectivity index (χ4v) is 2.37. The van der Waals surface area contributed by atoms with Crippen molar-refractivity contribution in [2.75, 3.05) is 12.4 Å². The second-order valence-corrected chi connectivity index (χ2v) is 6.22. The monoisotopic (exact) mass is 356 g/mol. The van der Waals surface area contributed by atoms with Crippen LogP contribution in [0.1, 0.15) is 31.5 Å². The molecule has 0 aliphatic carbocycles. The first-order valence-electron chi connectivity index (χ1n) is 8.84. The van der Waals surface area contributed by atoms with Crippen LogP contribution >= 0.6 is 0 Å². The van der Waals surface area contributed by atoms with Crippen molar-refractivity contribution in [3.05, 3.63) is 47.8 Å². The third-order valence-corrected chi connectivity index (χ3v) is 4.30. The molecule has 1 atom stereocenters. The van der Waals surface area contributed by atoms with Gasteiger partial charge in [0.05, 0.1) is 12.2 Å². The van der Waals surface area contributed by atoms with Gasteiger partial charge in [-0.25, -0.2) is 0 Å². The van der Waals surface area contributed by atoms with Crippen LogP contribution in [0.2, 0.25) is 0 Å². The summed E-state index contributed by atoms with van der Waals surface area (Å²) in [6.07, 6.45) is 2.60. The second kappa shape index (κ2) is 9.60. The highest BCUT2D eigenvalue weighted by molar-refractivity contribution is 5.92. The quantitative estimate of drug-likeness (QED) is 0.525. The van der Waals surface area contributed by atoms with Crippen LogP contribution in [-0.2, 0) is 24.9 Å². The molecule has 0 radical (unpaired) electrons. The van der Waals surface area contributed by atoms with E-state index in [1.165, 1.54) is 0 Å². The Labute approximate surface area is 154 Å².